The Morgan fingerprint density at radius 2 is 1.83 bits per heavy atom. The van der Waals surface area contributed by atoms with E-state index in [0.29, 0.717) is 18.2 Å². The minimum Gasteiger partial charge on any atom is -0.437 e. The molecular formula is C19H16N2O3. The van der Waals surface area contributed by atoms with Crippen molar-refractivity contribution in [2.45, 2.75) is 12.4 Å². The largest absolute Gasteiger partial charge is 0.437 e. The van der Waals surface area contributed by atoms with Crippen LogP contribution in [0.2, 0.25) is 0 Å². The van der Waals surface area contributed by atoms with Crippen molar-refractivity contribution >= 4 is 0 Å². The molecule has 2 aromatic heterocycles. The fourth-order valence-corrected chi connectivity index (χ4v) is 2.60. The number of aromatic nitrogens is 2. The SMILES string of the molecule is c1ccc(C2COC(c3cccnc3Oc3cccnc3)O2)cc1. The maximum Gasteiger partial charge on any atom is 0.227 e. The first-order valence-electron chi connectivity index (χ1n) is 7.75. The lowest BCUT2D eigenvalue weighted by Crippen LogP contribution is -2.03. The Bertz CT molecular complexity index is 796. The Morgan fingerprint density at radius 3 is 2.67 bits per heavy atom. The third-order valence-electron chi connectivity index (χ3n) is 3.76. The summed E-state index contributed by atoms with van der Waals surface area (Å²) in [6, 6.07) is 17.4. The fraction of sp³-hybridized carbons (Fsp3) is 0.158. The van der Waals surface area contributed by atoms with Crippen LogP contribution in [0.4, 0.5) is 0 Å². The Morgan fingerprint density at radius 1 is 0.958 bits per heavy atom. The molecule has 5 nitrogen and oxygen atoms in total. The van der Waals surface area contributed by atoms with Crippen LogP contribution in [-0.4, -0.2) is 16.6 Å². The number of hydrogen-bond donors (Lipinski definition) is 0. The summed E-state index contributed by atoms with van der Waals surface area (Å²) >= 11 is 0. The zero-order chi connectivity index (χ0) is 16.2. The van der Waals surface area contributed by atoms with Crippen LogP contribution in [0.1, 0.15) is 23.5 Å². The number of hydrogen-bond acceptors (Lipinski definition) is 5. The Hall–Kier alpha value is -2.76. The minimum atomic E-state index is -0.504. The van der Waals surface area contributed by atoms with Crippen LogP contribution in [0.15, 0.2) is 73.2 Å². The topological polar surface area (TPSA) is 53.5 Å². The molecule has 0 saturated carbocycles. The molecule has 5 heteroatoms. The summed E-state index contributed by atoms with van der Waals surface area (Å²) in [6.07, 6.45) is 4.42. The first-order chi connectivity index (χ1) is 11.9. The van der Waals surface area contributed by atoms with Crippen LogP contribution >= 0.6 is 0 Å². The molecule has 3 aromatic rings. The van der Waals surface area contributed by atoms with Crippen molar-refractivity contribution in [1.29, 1.82) is 0 Å². The van der Waals surface area contributed by atoms with Crippen LogP contribution in [0.25, 0.3) is 0 Å². The Balaban J connectivity index is 1.55. The second-order valence-electron chi connectivity index (χ2n) is 5.39. The van der Waals surface area contributed by atoms with Gasteiger partial charge in [0.25, 0.3) is 0 Å². The molecule has 1 fully saturated rings. The van der Waals surface area contributed by atoms with Crippen LogP contribution < -0.4 is 4.74 Å². The molecule has 1 aliphatic heterocycles. The maximum absolute atomic E-state index is 6.05. The Labute approximate surface area is 139 Å². The average Bonchev–Trinajstić information content (AvgIpc) is 3.14. The highest BCUT2D eigenvalue weighted by atomic mass is 16.7. The van der Waals surface area contributed by atoms with Gasteiger partial charge < -0.3 is 14.2 Å². The molecule has 0 aliphatic carbocycles. The van der Waals surface area contributed by atoms with Gasteiger partial charge >= 0.3 is 0 Å². The predicted molar refractivity (Wildman–Crippen MR) is 87.5 cm³/mol. The second-order valence-corrected chi connectivity index (χ2v) is 5.39. The van der Waals surface area contributed by atoms with E-state index in [1.807, 2.05) is 54.6 Å². The van der Waals surface area contributed by atoms with Crippen molar-refractivity contribution < 1.29 is 14.2 Å². The fourth-order valence-electron chi connectivity index (χ4n) is 2.60. The van der Waals surface area contributed by atoms with Crippen LogP contribution in [0, 0.1) is 0 Å². The number of pyridine rings is 2. The standard InChI is InChI=1S/C19H16N2O3/c1-2-6-14(7-3-1)17-13-22-19(24-17)16-9-5-11-21-18(16)23-15-8-4-10-20-12-15/h1-12,17,19H,13H2. The van der Waals surface area contributed by atoms with E-state index in [1.54, 1.807) is 18.6 Å². The van der Waals surface area contributed by atoms with Crippen LogP contribution in [0.5, 0.6) is 11.6 Å². The quantitative estimate of drug-likeness (QED) is 0.726. The number of benzene rings is 1. The van der Waals surface area contributed by atoms with Gasteiger partial charge in [-0.25, -0.2) is 4.98 Å². The van der Waals surface area contributed by atoms with Gasteiger partial charge in [0.15, 0.2) is 6.29 Å². The number of ether oxygens (including phenoxy) is 3. The van der Waals surface area contributed by atoms with E-state index in [1.165, 1.54) is 0 Å². The molecule has 2 unspecified atom stereocenters. The molecule has 0 amide bonds. The number of nitrogens with zero attached hydrogens (tertiary/aromatic N) is 2. The molecule has 24 heavy (non-hydrogen) atoms. The molecule has 0 N–H and O–H groups in total. The molecular weight excluding hydrogens is 304 g/mol. The summed E-state index contributed by atoms with van der Waals surface area (Å²) in [4.78, 5) is 8.35. The number of rotatable bonds is 4. The van der Waals surface area contributed by atoms with Gasteiger partial charge in [-0.3, -0.25) is 4.98 Å². The maximum atomic E-state index is 6.05. The molecule has 3 heterocycles. The highest BCUT2D eigenvalue weighted by Gasteiger charge is 2.31. The molecule has 0 spiro atoms. The van der Waals surface area contributed by atoms with Crippen molar-refractivity contribution in [2.24, 2.45) is 0 Å². The first kappa shape index (κ1) is 14.8. The summed E-state index contributed by atoms with van der Waals surface area (Å²) in [5.41, 5.74) is 1.86. The van der Waals surface area contributed by atoms with Gasteiger partial charge in [-0.05, 0) is 29.8 Å². The smallest absolute Gasteiger partial charge is 0.227 e. The van der Waals surface area contributed by atoms with Gasteiger partial charge in [-0.2, -0.15) is 0 Å². The molecule has 1 saturated heterocycles. The normalized spacial score (nSPS) is 20.0. The lowest BCUT2D eigenvalue weighted by Gasteiger charge is -2.15. The van der Waals surface area contributed by atoms with Gasteiger partial charge in [0.1, 0.15) is 11.9 Å². The van der Waals surface area contributed by atoms with E-state index < -0.39 is 6.29 Å². The molecule has 0 bridgehead atoms. The summed E-state index contributed by atoms with van der Waals surface area (Å²) < 4.78 is 17.7. The molecule has 1 aliphatic rings. The molecule has 0 radical (unpaired) electrons. The van der Waals surface area contributed by atoms with E-state index in [9.17, 15) is 0 Å². The predicted octanol–water partition coefficient (Wildman–Crippen LogP) is 4.06. The average molecular weight is 320 g/mol. The first-order valence-corrected chi connectivity index (χ1v) is 7.75. The van der Waals surface area contributed by atoms with E-state index in [0.717, 1.165) is 11.1 Å². The van der Waals surface area contributed by atoms with Crippen molar-refractivity contribution in [3.05, 3.63) is 84.3 Å². The zero-order valence-corrected chi connectivity index (χ0v) is 12.9. The Kier molecular flexibility index (Phi) is 4.18. The molecule has 4 rings (SSSR count). The van der Waals surface area contributed by atoms with Crippen molar-refractivity contribution in [3.8, 4) is 11.6 Å². The van der Waals surface area contributed by atoms with E-state index in [2.05, 4.69) is 9.97 Å². The molecule has 120 valence electrons. The highest BCUT2D eigenvalue weighted by Crippen LogP contribution is 2.38. The summed E-state index contributed by atoms with van der Waals surface area (Å²) in [5, 5.41) is 0. The summed E-state index contributed by atoms with van der Waals surface area (Å²) in [7, 11) is 0. The summed E-state index contributed by atoms with van der Waals surface area (Å²) in [5.74, 6) is 1.08. The lowest BCUT2D eigenvalue weighted by molar-refractivity contribution is -0.0620. The van der Waals surface area contributed by atoms with Crippen LogP contribution in [0.3, 0.4) is 0 Å². The van der Waals surface area contributed by atoms with E-state index in [-0.39, 0.29) is 6.10 Å². The van der Waals surface area contributed by atoms with Crippen LogP contribution in [-0.2, 0) is 9.47 Å². The highest BCUT2D eigenvalue weighted by molar-refractivity contribution is 5.32. The minimum absolute atomic E-state index is 0.0948. The van der Waals surface area contributed by atoms with Gasteiger partial charge in [0.2, 0.25) is 5.88 Å². The monoisotopic (exact) mass is 320 g/mol. The van der Waals surface area contributed by atoms with Crippen molar-refractivity contribution in [2.75, 3.05) is 6.61 Å². The van der Waals surface area contributed by atoms with Gasteiger partial charge in [-0.15, -0.1) is 0 Å². The third-order valence-corrected chi connectivity index (χ3v) is 3.76. The van der Waals surface area contributed by atoms with Gasteiger partial charge in [-0.1, -0.05) is 30.3 Å². The van der Waals surface area contributed by atoms with E-state index in [4.69, 9.17) is 14.2 Å². The van der Waals surface area contributed by atoms with E-state index >= 15 is 0 Å². The summed E-state index contributed by atoms with van der Waals surface area (Å²) in [6.45, 7) is 0.496. The van der Waals surface area contributed by atoms with Crippen molar-refractivity contribution in [1.82, 2.24) is 9.97 Å². The lowest BCUT2D eigenvalue weighted by atomic mass is 10.1. The molecule has 1 aromatic carbocycles. The van der Waals surface area contributed by atoms with Gasteiger partial charge in [0, 0.05) is 12.4 Å². The zero-order valence-electron chi connectivity index (χ0n) is 12.9. The second kappa shape index (κ2) is 6.78. The van der Waals surface area contributed by atoms with Crippen molar-refractivity contribution in [3.63, 3.8) is 0 Å². The van der Waals surface area contributed by atoms with Gasteiger partial charge in [0.05, 0.1) is 18.4 Å². The molecule has 2 atom stereocenters. The third kappa shape index (κ3) is 3.13.